The van der Waals surface area contributed by atoms with Gasteiger partial charge in [-0.25, -0.2) is 4.98 Å². The molecule has 2 aromatic heterocycles. The highest BCUT2D eigenvalue weighted by Crippen LogP contribution is 2.37. The van der Waals surface area contributed by atoms with Crippen molar-refractivity contribution in [1.29, 1.82) is 0 Å². The van der Waals surface area contributed by atoms with Crippen molar-refractivity contribution in [3.8, 4) is 22.6 Å². The zero-order valence-electron chi connectivity index (χ0n) is 19.2. The Labute approximate surface area is 211 Å². The summed E-state index contributed by atoms with van der Waals surface area (Å²) >= 11 is 2.78. The minimum Gasteiger partial charge on any atom is -0.497 e. The van der Waals surface area contributed by atoms with Crippen LogP contribution in [-0.4, -0.2) is 28.2 Å². The lowest BCUT2D eigenvalue weighted by Gasteiger charge is -2.12. The normalized spacial score (nSPS) is 11.0. The summed E-state index contributed by atoms with van der Waals surface area (Å²) in [5.41, 5.74) is 3.08. The van der Waals surface area contributed by atoms with E-state index in [0.29, 0.717) is 32.4 Å². The van der Waals surface area contributed by atoms with Crippen LogP contribution in [0.2, 0.25) is 0 Å². The number of carbonyl (C=O) groups excluding carboxylic acids is 1. The van der Waals surface area contributed by atoms with E-state index in [4.69, 9.17) is 9.72 Å². The Balaban J connectivity index is 1.60. The van der Waals surface area contributed by atoms with Crippen molar-refractivity contribution in [2.24, 2.45) is 0 Å². The van der Waals surface area contributed by atoms with Crippen molar-refractivity contribution in [3.05, 3.63) is 106 Å². The number of hydrogen-bond acceptors (Lipinski definition) is 6. The predicted molar refractivity (Wildman–Crippen MR) is 143 cm³/mol. The molecule has 2 heterocycles. The van der Waals surface area contributed by atoms with E-state index >= 15 is 0 Å². The number of fused-ring (bicyclic) bond motifs is 1. The van der Waals surface area contributed by atoms with E-state index in [1.807, 2.05) is 67.6 Å². The molecule has 5 aromatic rings. The topological polar surface area (TPSA) is 61.2 Å². The molecule has 0 fully saturated rings. The van der Waals surface area contributed by atoms with Crippen LogP contribution < -0.4 is 10.3 Å². The van der Waals surface area contributed by atoms with Gasteiger partial charge in [-0.3, -0.25) is 14.2 Å². The number of rotatable bonds is 7. The maximum Gasteiger partial charge on any atom is 0.268 e. The molecule has 0 aliphatic carbocycles. The molecule has 35 heavy (non-hydrogen) atoms. The Morgan fingerprint density at radius 3 is 2.29 bits per heavy atom. The SMILES string of the molecule is COc1ccc(C(=O)CSc2nc3sc(C)c(-c4ccccc4)c3c(=O)n2-c2ccccc2)cc1. The molecular weight excluding hydrogens is 476 g/mol. The van der Waals surface area contributed by atoms with E-state index < -0.39 is 0 Å². The van der Waals surface area contributed by atoms with Crippen molar-refractivity contribution in [2.75, 3.05) is 12.9 Å². The van der Waals surface area contributed by atoms with Crippen molar-refractivity contribution < 1.29 is 9.53 Å². The Hall–Kier alpha value is -3.68. The molecule has 0 aliphatic heterocycles. The van der Waals surface area contributed by atoms with Gasteiger partial charge in [-0.05, 0) is 48.9 Å². The number of benzene rings is 3. The first kappa shape index (κ1) is 23.1. The largest absolute Gasteiger partial charge is 0.497 e. The number of methoxy groups -OCH3 is 1. The molecular formula is C28H22N2O3S2. The van der Waals surface area contributed by atoms with E-state index in [1.54, 1.807) is 35.9 Å². The molecule has 0 spiro atoms. The maximum atomic E-state index is 14.0. The van der Waals surface area contributed by atoms with E-state index in [9.17, 15) is 9.59 Å². The third kappa shape index (κ3) is 4.52. The van der Waals surface area contributed by atoms with Gasteiger partial charge in [-0.2, -0.15) is 0 Å². The first-order chi connectivity index (χ1) is 17.1. The van der Waals surface area contributed by atoms with Crippen LogP contribution in [0.15, 0.2) is 94.9 Å². The van der Waals surface area contributed by atoms with Gasteiger partial charge in [0.2, 0.25) is 0 Å². The van der Waals surface area contributed by atoms with Crippen LogP contribution in [0.3, 0.4) is 0 Å². The van der Waals surface area contributed by atoms with Crippen LogP contribution >= 0.6 is 23.1 Å². The number of aryl methyl sites for hydroxylation is 1. The monoisotopic (exact) mass is 498 g/mol. The third-order valence-electron chi connectivity index (χ3n) is 5.69. The van der Waals surface area contributed by atoms with Gasteiger partial charge >= 0.3 is 0 Å². The summed E-state index contributed by atoms with van der Waals surface area (Å²) in [6, 6.07) is 26.4. The number of hydrogen-bond donors (Lipinski definition) is 0. The summed E-state index contributed by atoms with van der Waals surface area (Å²) in [7, 11) is 1.59. The van der Waals surface area contributed by atoms with Gasteiger partial charge in [0.15, 0.2) is 10.9 Å². The molecule has 0 atom stereocenters. The van der Waals surface area contributed by atoms with Crippen LogP contribution in [-0.2, 0) is 0 Å². The zero-order valence-corrected chi connectivity index (χ0v) is 20.9. The molecule has 174 valence electrons. The van der Waals surface area contributed by atoms with Crippen LogP contribution in [0.25, 0.3) is 27.0 Å². The number of nitrogens with zero attached hydrogens (tertiary/aromatic N) is 2. The number of aromatic nitrogens is 2. The second-order valence-electron chi connectivity index (χ2n) is 7.89. The van der Waals surface area contributed by atoms with E-state index in [0.717, 1.165) is 16.0 Å². The lowest BCUT2D eigenvalue weighted by atomic mass is 10.0. The van der Waals surface area contributed by atoms with Crippen molar-refractivity contribution in [1.82, 2.24) is 9.55 Å². The van der Waals surface area contributed by atoms with Crippen molar-refractivity contribution in [2.45, 2.75) is 12.1 Å². The third-order valence-corrected chi connectivity index (χ3v) is 7.63. The van der Waals surface area contributed by atoms with Gasteiger partial charge in [0.05, 0.1) is 23.9 Å². The molecule has 5 nitrogen and oxygen atoms in total. The fourth-order valence-corrected chi connectivity index (χ4v) is 5.98. The summed E-state index contributed by atoms with van der Waals surface area (Å²) in [4.78, 5) is 33.4. The number of carbonyl (C=O) groups is 1. The van der Waals surface area contributed by atoms with E-state index in [-0.39, 0.29) is 17.1 Å². The van der Waals surface area contributed by atoms with Crippen LogP contribution in [0.4, 0.5) is 0 Å². The number of ketones is 1. The fraction of sp³-hybridized carbons (Fsp3) is 0.107. The second-order valence-corrected chi connectivity index (χ2v) is 10.0. The summed E-state index contributed by atoms with van der Waals surface area (Å²) < 4.78 is 6.80. The minimum atomic E-state index is -0.135. The first-order valence-electron chi connectivity index (χ1n) is 11.0. The van der Waals surface area contributed by atoms with Crippen LogP contribution in [0.5, 0.6) is 5.75 Å². The van der Waals surface area contributed by atoms with Crippen molar-refractivity contribution in [3.63, 3.8) is 0 Å². The molecule has 0 bridgehead atoms. The van der Waals surface area contributed by atoms with Crippen LogP contribution in [0.1, 0.15) is 15.2 Å². The Bertz CT molecular complexity index is 1560. The summed E-state index contributed by atoms with van der Waals surface area (Å²) in [5, 5.41) is 1.10. The average molecular weight is 499 g/mol. The Kier molecular flexibility index (Phi) is 6.53. The number of Topliss-reactive ketones (excluding diaryl/α,β-unsaturated/α-hetero) is 1. The number of thiophene rings is 1. The number of thioether (sulfide) groups is 1. The molecule has 0 radical (unpaired) electrons. The highest BCUT2D eigenvalue weighted by atomic mass is 32.2. The molecule has 0 saturated heterocycles. The second kappa shape index (κ2) is 9.90. The van der Waals surface area contributed by atoms with Gasteiger partial charge in [-0.1, -0.05) is 60.3 Å². The van der Waals surface area contributed by atoms with E-state index in [1.165, 1.54) is 23.1 Å². The molecule has 0 amide bonds. The fourth-order valence-electron chi connectivity index (χ4n) is 3.99. The standard InChI is InChI=1S/C28H22N2O3S2/c1-18-24(20-9-5-3-6-10-20)25-26(35-18)29-28(30(27(25)32)21-11-7-4-8-12-21)34-17-23(31)19-13-15-22(33-2)16-14-19/h3-16H,17H2,1-2H3. The van der Waals surface area contributed by atoms with Gasteiger partial charge in [0.1, 0.15) is 10.6 Å². The number of ether oxygens (including phenoxy) is 1. The van der Waals surface area contributed by atoms with Gasteiger partial charge in [-0.15, -0.1) is 11.3 Å². The quantitative estimate of drug-likeness (QED) is 0.147. The van der Waals surface area contributed by atoms with Crippen molar-refractivity contribution >= 4 is 39.1 Å². The molecule has 0 N–H and O–H groups in total. The van der Waals surface area contributed by atoms with Gasteiger partial charge in [0.25, 0.3) is 5.56 Å². The first-order valence-corrected chi connectivity index (χ1v) is 12.8. The number of para-hydroxylation sites is 1. The Morgan fingerprint density at radius 1 is 0.971 bits per heavy atom. The zero-order chi connectivity index (χ0) is 24.4. The van der Waals surface area contributed by atoms with Gasteiger partial charge in [0, 0.05) is 16.0 Å². The molecule has 5 rings (SSSR count). The molecule has 3 aromatic carbocycles. The van der Waals surface area contributed by atoms with Crippen LogP contribution in [0, 0.1) is 6.92 Å². The highest BCUT2D eigenvalue weighted by molar-refractivity contribution is 7.99. The predicted octanol–water partition coefficient (Wildman–Crippen LogP) is 6.41. The van der Waals surface area contributed by atoms with Gasteiger partial charge < -0.3 is 4.74 Å². The summed E-state index contributed by atoms with van der Waals surface area (Å²) in [6.07, 6.45) is 0. The molecule has 0 unspecified atom stereocenters. The Morgan fingerprint density at radius 2 is 1.63 bits per heavy atom. The summed E-state index contributed by atoms with van der Waals surface area (Å²) in [5.74, 6) is 0.813. The lowest BCUT2D eigenvalue weighted by Crippen LogP contribution is -2.22. The smallest absolute Gasteiger partial charge is 0.268 e. The lowest BCUT2D eigenvalue weighted by molar-refractivity contribution is 0.102. The molecule has 7 heteroatoms. The highest BCUT2D eigenvalue weighted by Gasteiger charge is 2.21. The maximum absolute atomic E-state index is 14.0. The summed E-state index contributed by atoms with van der Waals surface area (Å²) in [6.45, 7) is 2.01. The minimum absolute atomic E-state index is 0.0426. The average Bonchev–Trinajstić information content (AvgIpc) is 3.24. The molecule has 0 aliphatic rings. The van der Waals surface area contributed by atoms with E-state index in [2.05, 4.69) is 0 Å². The molecule has 0 saturated carbocycles.